The molecule has 0 bridgehead atoms. The highest BCUT2D eigenvalue weighted by molar-refractivity contribution is 7.13. The largest absolute Gasteiger partial charge is 0.336 e. The minimum atomic E-state index is -0.0322. The molecule has 0 N–H and O–H groups in total. The van der Waals surface area contributed by atoms with Crippen molar-refractivity contribution in [3.05, 3.63) is 57.8 Å². The molecule has 1 fully saturated rings. The molecule has 146 valence electrons. The van der Waals surface area contributed by atoms with E-state index >= 15 is 0 Å². The molecule has 0 unspecified atom stereocenters. The fourth-order valence-corrected chi connectivity index (χ4v) is 4.53. The first-order valence-electron chi connectivity index (χ1n) is 9.23. The van der Waals surface area contributed by atoms with E-state index in [1.165, 1.54) is 0 Å². The normalized spacial score (nSPS) is 15.2. The average molecular weight is 416 g/mol. The van der Waals surface area contributed by atoms with Gasteiger partial charge >= 0.3 is 0 Å². The van der Waals surface area contributed by atoms with E-state index in [0.29, 0.717) is 29.5 Å². The van der Waals surface area contributed by atoms with E-state index in [2.05, 4.69) is 27.5 Å². The lowest BCUT2D eigenvalue weighted by Crippen LogP contribution is -2.48. The number of hydrogen-bond acceptors (Lipinski definition) is 5. The molecule has 1 aliphatic rings. The maximum Gasteiger partial charge on any atom is 0.258 e. The summed E-state index contributed by atoms with van der Waals surface area (Å²) < 4.78 is 1.55. The number of amides is 1. The van der Waals surface area contributed by atoms with Crippen LogP contribution < -0.4 is 0 Å². The zero-order valence-electron chi connectivity index (χ0n) is 15.9. The summed E-state index contributed by atoms with van der Waals surface area (Å²) in [6, 6.07) is 10.2. The van der Waals surface area contributed by atoms with Gasteiger partial charge in [-0.15, -0.1) is 11.3 Å². The van der Waals surface area contributed by atoms with Crippen molar-refractivity contribution in [3.8, 4) is 10.6 Å². The average Bonchev–Trinajstić information content (AvgIpc) is 3.27. The quantitative estimate of drug-likeness (QED) is 0.654. The van der Waals surface area contributed by atoms with Gasteiger partial charge in [0.05, 0.1) is 17.0 Å². The van der Waals surface area contributed by atoms with E-state index in [9.17, 15) is 4.79 Å². The lowest BCUT2D eigenvalue weighted by atomic mass is 10.2. The van der Waals surface area contributed by atoms with Gasteiger partial charge in [0.1, 0.15) is 10.2 Å². The Labute approximate surface area is 173 Å². The van der Waals surface area contributed by atoms with Crippen molar-refractivity contribution in [3.63, 3.8) is 0 Å². The summed E-state index contributed by atoms with van der Waals surface area (Å²) in [5.74, 6) is -0.0322. The molecule has 3 aromatic rings. The van der Waals surface area contributed by atoms with Gasteiger partial charge in [0.2, 0.25) is 0 Å². The van der Waals surface area contributed by atoms with E-state index in [1.807, 2.05) is 30.0 Å². The molecule has 1 amide bonds. The number of benzene rings is 1. The number of halogens is 1. The SMILES string of the molecule is Cc1nn(C)c(Cl)c1C(=O)N1CCN(Cc2csc(-c3ccccc3)n2)CC1. The molecular formula is C20H22ClN5OS. The Hall–Kier alpha value is -2.22. The first kappa shape index (κ1) is 19.1. The van der Waals surface area contributed by atoms with Crippen molar-refractivity contribution in [1.29, 1.82) is 0 Å². The Morgan fingerprint density at radius 1 is 1.18 bits per heavy atom. The standard InChI is InChI=1S/C20H22ClN5OS/c1-14-17(18(21)24(2)23-14)20(27)26-10-8-25(9-11-26)12-16-13-28-19(22-16)15-6-4-3-5-7-15/h3-7,13H,8-12H2,1-2H3. The number of aromatic nitrogens is 3. The minimum absolute atomic E-state index is 0.0322. The second kappa shape index (κ2) is 8.03. The zero-order chi connectivity index (χ0) is 19.7. The molecule has 1 aromatic carbocycles. The van der Waals surface area contributed by atoms with Crippen LogP contribution in [0.25, 0.3) is 10.6 Å². The third-order valence-electron chi connectivity index (χ3n) is 4.98. The van der Waals surface area contributed by atoms with Crippen molar-refractivity contribution in [2.75, 3.05) is 26.2 Å². The molecule has 4 rings (SSSR count). The Bertz CT molecular complexity index is 976. The number of aryl methyl sites for hydroxylation is 2. The molecule has 0 radical (unpaired) electrons. The summed E-state index contributed by atoms with van der Waals surface area (Å²) in [5.41, 5.74) is 3.42. The number of nitrogens with zero attached hydrogens (tertiary/aromatic N) is 5. The fourth-order valence-electron chi connectivity index (χ4n) is 3.46. The van der Waals surface area contributed by atoms with Crippen LogP contribution in [0.2, 0.25) is 5.15 Å². The summed E-state index contributed by atoms with van der Waals surface area (Å²) in [4.78, 5) is 21.8. The van der Waals surface area contributed by atoms with Crippen LogP contribution in [0.1, 0.15) is 21.7 Å². The highest BCUT2D eigenvalue weighted by Gasteiger charge is 2.27. The smallest absolute Gasteiger partial charge is 0.258 e. The molecule has 0 aliphatic carbocycles. The number of rotatable bonds is 4. The molecule has 6 nitrogen and oxygen atoms in total. The van der Waals surface area contributed by atoms with Gasteiger partial charge in [-0.2, -0.15) is 5.10 Å². The molecule has 0 atom stereocenters. The second-order valence-electron chi connectivity index (χ2n) is 6.95. The van der Waals surface area contributed by atoms with Crippen LogP contribution in [0.5, 0.6) is 0 Å². The van der Waals surface area contributed by atoms with Crippen LogP contribution in [-0.4, -0.2) is 56.7 Å². The predicted molar refractivity (Wildman–Crippen MR) is 112 cm³/mol. The molecule has 0 saturated carbocycles. The molecule has 1 aliphatic heterocycles. The van der Waals surface area contributed by atoms with Gasteiger partial charge in [0, 0.05) is 50.7 Å². The van der Waals surface area contributed by atoms with Gasteiger partial charge in [0.15, 0.2) is 0 Å². The van der Waals surface area contributed by atoms with E-state index in [4.69, 9.17) is 16.6 Å². The summed E-state index contributed by atoms with van der Waals surface area (Å²) in [6.07, 6.45) is 0. The number of carbonyl (C=O) groups excluding carboxylic acids is 1. The third kappa shape index (κ3) is 3.83. The van der Waals surface area contributed by atoms with Crippen LogP contribution in [-0.2, 0) is 13.6 Å². The Morgan fingerprint density at radius 2 is 1.89 bits per heavy atom. The summed E-state index contributed by atoms with van der Waals surface area (Å²) in [6.45, 7) is 5.63. The van der Waals surface area contributed by atoms with Crippen LogP contribution in [0, 0.1) is 6.92 Å². The summed E-state index contributed by atoms with van der Waals surface area (Å²) in [7, 11) is 1.75. The van der Waals surface area contributed by atoms with E-state index < -0.39 is 0 Å². The predicted octanol–water partition coefficient (Wildman–Crippen LogP) is 3.46. The van der Waals surface area contributed by atoms with Gasteiger partial charge in [0.25, 0.3) is 5.91 Å². The Kier molecular flexibility index (Phi) is 5.48. The van der Waals surface area contributed by atoms with Gasteiger partial charge < -0.3 is 4.90 Å². The molecule has 3 heterocycles. The van der Waals surface area contributed by atoms with Crippen LogP contribution in [0.4, 0.5) is 0 Å². The van der Waals surface area contributed by atoms with Crippen molar-refractivity contribution >= 4 is 28.8 Å². The van der Waals surface area contributed by atoms with Crippen LogP contribution in [0.15, 0.2) is 35.7 Å². The van der Waals surface area contributed by atoms with Crippen molar-refractivity contribution < 1.29 is 4.79 Å². The van der Waals surface area contributed by atoms with Gasteiger partial charge in [-0.3, -0.25) is 14.4 Å². The van der Waals surface area contributed by atoms with Gasteiger partial charge in [-0.1, -0.05) is 41.9 Å². The fraction of sp³-hybridized carbons (Fsp3) is 0.350. The number of carbonyl (C=O) groups is 1. The molecule has 28 heavy (non-hydrogen) atoms. The maximum atomic E-state index is 12.8. The summed E-state index contributed by atoms with van der Waals surface area (Å²) >= 11 is 7.93. The second-order valence-corrected chi connectivity index (χ2v) is 8.17. The number of hydrogen-bond donors (Lipinski definition) is 0. The number of thiazole rings is 1. The highest BCUT2D eigenvalue weighted by atomic mass is 35.5. The molecular weight excluding hydrogens is 394 g/mol. The van der Waals surface area contributed by atoms with Crippen LogP contribution in [0.3, 0.4) is 0 Å². The molecule has 1 saturated heterocycles. The molecule has 2 aromatic heterocycles. The first-order chi connectivity index (χ1) is 13.5. The minimum Gasteiger partial charge on any atom is -0.336 e. The first-order valence-corrected chi connectivity index (χ1v) is 10.5. The lowest BCUT2D eigenvalue weighted by molar-refractivity contribution is 0.0626. The van der Waals surface area contributed by atoms with Gasteiger partial charge in [-0.25, -0.2) is 4.98 Å². The molecule has 8 heteroatoms. The van der Waals surface area contributed by atoms with Crippen molar-refractivity contribution in [2.24, 2.45) is 7.05 Å². The Morgan fingerprint density at radius 3 is 2.54 bits per heavy atom. The Balaban J connectivity index is 1.36. The van der Waals surface area contributed by atoms with E-state index in [1.54, 1.807) is 23.1 Å². The van der Waals surface area contributed by atoms with Crippen molar-refractivity contribution in [1.82, 2.24) is 24.6 Å². The topological polar surface area (TPSA) is 54.3 Å². The highest BCUT2D eigenvalue weighted by Crippen LogP contribution is 2.25. The monoisotopic (exact) mass is 415 g/mol. The maximum absolute atomic E-state index is 12.8. The zero-order valence-corrected chi connectivity index (χ0v) is 17.5. The van der Waals surface area contributed by atoms with Crippen LogP contribution >= 0.6 is 22.9 Å². The number of piperazine rings is 1. The van der Waals surface area contributed by atoms with E-state index in [-0.39, 0.29) is 5.91 Å². The van der Waals surface area contributed by atoms with E-state index in [0.717, 1.165) is 35.9 Å². The van der Waals surface area contributed by atoms with Crippen molar-refractivity contribution in [2.45, 2.75) is 13.5 Å². The lowest BCUT2D eigenvalue weighted by Gasteiger charge is -2.34. The van der Waals surface area contributed by atoms with Gasteiger partial charge in [-0.05, 0) is 6.92 Å². The molecule has 0 spiro atoms. The summed E-state index contributed by atoms with van der Waals surface area (Å²) in [5, 5.41) is 7.82. The third-order valence-corrected chi connectivity index (χ3v) is 6.36.